The average Bonchev–Trinajstić information content (AvgIpc) is 3.50. The molecule has 1 saturated carbocycles. The van der Waals surface area contributed by atoms with Crippen LogP contribution in [-0.2, 0) is 25.7 Å². The normalized spacial score (nSPS) is 13.8. The Morgan fingerprint density at radius 3 is 2.54 bits per heavy atom. The van der Waals surface area contributed by atoms with E-state index in [1.54, 1.807) is 31.7 Å². The summed E-state index contributed by atoms with van der Waals surface area (Å²) in [6.07, 6.45) is 1.63. The van der Waals surface area contributed by atoms with Crippen LogP contribution in [-0.4, -0.2) is 39.7 Å². The Morgan fingerprint density at radius 1 is 1.05 bits per heavy atom. The predicted molar refractivity (Wildman–Crippen MR) is 140 cm³/mol. The lowest BCUT2D eigenvalue weighted by molar-refractivity contribution is -0.141. The number of halogens is 3. The fourth-order valence-electron chi connectivity index (χ4n) is 4.70. The van der Waals surface area contributed by atoms with Crippen LogP contribution in [0, 0.1) is 0 Å². The fraction of sp³-hybridized carbons (Fsp3) is 0.333. The molecule has 6 rings (SSSR count). The zero-order valence-electron chi connectivity index (χ0n) is 21.4. The van der Waals surface area contributed by atoms with Crippen molar-refractivity contribution >= 4 is 17.0 Å². The van der Waals surface area contributed by atoms with Crippen molar-refractivity contribution in [2.75, 3.05) is 5.32 Å². The molecule has 200 valence electrons. The molecule has 4 heterocycles. The van der Waals surface area contributed by atoms with Gasteiger partial charge in [0, 0.05) is 19.0 Å². The second-order valence-electron chi connectivity index (χ2n) is 9.48. The Bertz CT molecular complexity index is 1630. The molecule has 5 aromatic rings. The van der Waals surface area contributed by atoms with E-state index >= 15 is 0 Å². The number of aromatic nitrogens is 8. The standard InChI is InChI=1S/C27H26F3N9/c1-3-18-21(22(17-9-10-17)33-13-32-18)24-36-25(23-26(37-24)35-14-34-23)31-12-15-5-7-16(8-6-15)19-11-20(27(28,29)30)38-39(19)4-2/h5-8,11,13-14,17H,3-4,9-10,12H2,1-2H3,(H2,31,34,35,36,37). The van der Waals surface area contributed by atoms with Gasteiger partial charge in [-0.15, -0.1) is 0 Å². The first kappa shape index (κ1) is 25.0. The highest BCUT2D eigenvalue weighted by molar-refractivity contribution is 5.85. The maximum absolute atomic E-state index is 13.2. The van der Waals surface area contributed by atoms with E-state index in [-0.39, 0.29) is 0 Å². The van der Waals surface area contributed by atoms with Crippen molar-refractivity contribution in [1.82, 2.24) is 39.7 Å². The smallest absolute Gasteiger partial charge is 0.364 e. The number of aryl methyl sites for hydroxylation is 2. The van der Waals surface area contributed by atoms with Gasteiger partial charge < -0.3 is 10.3 Å². The number of anilines is 1. The van der Waals surface area contributed by atoms with Crippen LogP contribution in [0.2, 0.25) is 0 Å². The van der Waals surface area contributed by atoms with Crippen molar-refractivity contribution in [3.8, 4) is 22.6 Å². The van der Waals surface area contributed by atoms with E-state index in [2.05, 4.69) is 37.3 Å². The van der Waals surface area contributed by atoms with Gasteiger partial charge in [0.05, 0.1) is 29.0 Å². The number of imidazole rings is 1. The number of hydrogen-bond donors (Lipinski definition) is 2. The molecule has 1 aromatic carbocycles. The third kappa shape index (κ3) is 4.82. The maximum Gasteiger partial charge on any atom is 0.435 e. The molecule has 0 aliphatic heterocycles. The lowest BCUT2D eigenvalue weighted by Gasteiger charge is -2.13. The van der Waals surface area contributed by atoms with E-state index in [1.165, 1.54) is 4.68 Å². The highest BCUT2D eigenvalue weighted by Gasteiger charge is 2.35. The summed E-state index contributed by atoms with van der Waals surface area (Å²) in [6, 6.07) is 8.44. The number of H-pyrrole nitrogens is 1. The van der Waals surface area contributed by atoms with Crippen LogP contribution in [0.4, 0.5) is 19.0 Å². The molecule has 0 atom stereocenters. The summed E-state index contributed by atoms with van der Waals surface area (Å²) in [5.74, 6) is 1.54. The summed E-state index contributed by atoms with van der Waals surface area (Å²) >= 11 is 0. The number of hydrogen-bond acceptors (Lipinski definition) is 7. The molecule has 39 heavy (non-hydrogen) atoms. The topological polar surface area (TPSA) is 110 Å². The number of nitrogens with zero attached hydrogens (tertiary/aromatic N) is 7. The van der Waals surface area contributed by atoms with Crippen molar-refractivity contribution in [1.29, 1.82) is 0 Å². The minimum absolute atomic E-state index is 0.333. The summed E-state index contributed by atoms with van der Waals surface area (Å²) in [5.41, 5.74) is 5.12. The Morgan fingerprint density at radius 2 is 1.85 bits per heavy atom. The first-order valence-corrected chi connectivity index (χ1v) is 12.9. The maximum atomic E-state index is 13.2. The van der Waals surface area contributed by atoms with E-state index in [4.69, 9.17) is 9.97 Å². The number of rotatable bonds is 8. The summed E-state index contributed by atoms with van der Waals surface area (Å²) in [4.78, 5) is 26.1. The van der Waals surface area contributed by atoms with Crippen LogP contribution in [0.5, 0.6) is 0 Å². The van der Waals surface area contributed by atoms with E-state index in [0.29, 0.717) is 53.1 Å². The highest BCUT2D eigenvalue weighted by Crippen LogP contribution is 2.43. The van der Waals surface area contributed by atoms with Gasteiger partial charge in [-0.1, -0.05) is 31.2 Å². The summed E-state index contributed by atoms with van der Waals surface area (Å²) in [6.45, 7) is 4.59. The molecular weight excluding hydrogens is 507 g/mol. The van der Waals surface area contributed by atoms with Crippen LogP contribution in [0.3, 0.4) is 0 Å². The highest BCUT2D eigenvalue weighted by atomic mass is 19.4. The first-order chi connectivity index (χ1) is 18.9. The van der Waals surface area contributed by atoms with Gasteiger partial charge in [0.15, 0.2) is 23.0 Å². The van der Waals surface area contributed by atoms with Crippen LogP contribution < -0.4 is 5.32 Å². The summed E-state index contributed by atoms with van der Waals surface area (Å²) in [5, 5.41) is 7.09. The number of fused-ring (bicyclic) bond motifs is 1. The molecule has 0 radical (unpaired) electrons. The molecule has 0 spiro atoms. The van der Waals surface area contributed by atoms with Gasteiger partial charge in [0.25, 0.3) is 0 Å². The number of alkyl halides is 3. The number of benzene rings is 1. The Kier molecular flexibility index (Phi) is 6.24. The SMILES string of the molecule is CCc1ncnc(C2CC2)c1-c1nc(NCc2ccc(-c3cc(C(F)(F)F)nn3CC)cc2)c2[nH]cnc2n1. The average molecular weight is 534 g/mol. The van der Waals surface area contributed by atoms with E-state index in [1.807, 2.05) is 12.1 Å². The van der Waals surface area contributed by atoms with Crippen molar-refractivity contribution < 1.29 is 13.2 Å². The van der Waals surface area contributed by atoms with Gasteiger partial charge in [0.1, 0.15) is 11.8 Å². The van der Waals surface area contributed by atoms with E-state index in [0.717, 1.165) is 47.8 Å². The zero-order chi connectivity index (χ0) is 27.1. The Labute approximate surface area is 222 Å². The van der Waals surface area contributed by atoms with Gasteiger partial charge >= 0.3 is 6.18 Å². The summed E-state index contributed by atoms with van der Waals surface area (Å²) < 4.78 is 40.9. The second kappa shape index (κ2) is 9.75. The lowest BCUT2D eigenvalue weighted by atomic mass is 10.1. The first-order valence-electron chi connectivity index (χ1n) is 12.9. The molecule has 0 saturated heterocycles. The van der Waals surface area contributed by atoms with Gasteiger partial charge in [-0.05, 0) is 43.4 Å². The van der Waals surface area contributed by atoms with Crippen LogP contribution in [0.25, 0.3) is 33.8 Å². The lowest BCUT2D eigenvalue weighted by Crippen LogP contribution is -2.08. The van der Waals surface area contributed by atoms with E-state index < -0.39 is 11.9 Å². The van der Waals surface area contributed by atoms with Crippen molar-refractivity contribution in [3.63, 3.8) is 0 Å². The van der Waals surface area contributed by atoms with E-state index in [9.17, 15) is 13.2 Å². The Balaban J connectivity index is 1.28. The second-order valence-corrected chi connectivity index (χ2v) is 9.48. The largest absolute Gasteiger partial charge is 0.435 e. The van der Waals surface area contributed by atoms with Crippen LogP contribution in [0.1, 0.15) is 55.3 Å². The van der Waals surface area contributed by atoms with Gasteiger partial charge in [0.2, 0.25) is 0 Å². The molecule has 1 aliphatic carbocycles. The van der Waals surface area contributed by atoms with Gasteiger partial charge in [-0.3, -0.25) is 4.68 Å². The third-order valence-electron chi connectivity index (χ3n) is 6.84. The molecule has 9 nitrogen and oxygen atoms in total. The van der Waals surface area contributed by atoms with Gasteiger partial charge in [-0.25, -0.2) is 24.9 Å². The molecule has 0 bridgehead atoms. The van der Waals surface area contributed by atoms with Crippen LogP contribution >= 0.6 is 0 Å². The number of aromatic amines is 1. The molecule has 0 amide bonds. The quantitative estimate of drug-likeness (QED) is 0.261. The predicted octanol–water partition coefficient (Wildman–Crippen LogP) is 5.76. The third-order valence-corrected chi connectivity index (χ3v) is 6.84. The monoisotopic (exact) mass is 533 g/mol. The minimum atomic E-state index is -4.49. The molecule has 1 fully saturated rings. The molecular formula is C27H26F3N9. The zero-order valence-corrected chi connectivity index (χ0v) is 21.4. The molecule has 2 N–H and O–H groups in total. The molecule has 1 aliphatic rings. The van der Waals surface area contributed by atoms with Crippen molar-refractivity contribution in [2.45, 2.75) is 58.3 Å². The molecule has 12 heteroatoms. The fourth-order valence-corrected chi connectivity index (χ4v) is 4.70. The molecule has 0 unspecified atom stereocenters. The van der Waals surface area contributed by atoms with Crippen LogP contribution in [0.15, 0.2) is 43.0 Å². The van der Waals surface area contributed by atoms with Crippen molar-refractivity contribution in [2.24, 2.45) is 0 Å². The Hall–Kier alpha value is -4.35. The molecule has 4 aromatic heterocycles. The minimum Gasteiger partial charge on any atom is -0.364 e. The summed E-state index contributed by atoms with van der Waals surface area (Å²) in [7, 11) is 0. The number of nitrogens with one attached hydrogen (secondary N) is 2. The van der Waals surface area contributed by atoms with Gasteiger partial charge in [-0.2, -0.15) is 18.3 Å². The van der Waals surface area contributed by atoms with Crippen molar-refractivity contribution in [3.05, 3.63) is 65.6 Å².